The number of hydrogen-bond donors (Lipinski definition) is 0. The lowest BCUT2D eigenvalue weighted by Gasteiger charge is -2.18. The van der Waals surface area contributed by atoms with Gasteiger partial charge in [-0.3, -0.25) is 9.59 Å². The predicted molar refractivity (Wildman–Crippen MR) is 182 cm³/mol. The van der Waals surface area contributed by atoms with Gasteiger partial charge in [0.25, 0.3) is 0 Å². The van der Waals surface area contributed by atoms with Crippen LogP contribution in [0.2, 0.25) is 0 Å². The van der Waals surface area contributed by atoms with Gasteiger partial charge < -0.3 is 0 Å². The van der Waals surface area contributed by atoms with Crippen molar-refractivity contribution in [2.24, 2.45) is 0 Å². The molecule has 0 spiro atoms. The van der Waals surface area contributed by atoms with E-state index in [2.05, 4.69) is 62.4 Å². The number of unbranched alkanes of at least 4 members (excludes halogenated alkanes) is 6. The van der Waals surface area contributed by atoms with E-state index < -0.39 is 0 Å². The van der Waals surface area contributed by atoms with Crippen molar-refractivity contribution in [2.75, 3.05) is 0 Å². The minimum atomic E-state index is 0.107. The first-order chi connectivity index (χ1) is 20.6. The van der Waals surface area contributed by atoms with Gasteiger partial charge in [0.05, 0.1) is 0 Å². The first-order valence-electron chi connectivity index (χ1n) is 16.0. The zero-order valence-corrected chi connectivity index (χ0v) is 24.8. The fourth-order valence-corrected chi connectivity index (χ4v) is 7.37. The van der Waals surface area contributed by atoms with E-state index in [1.807, 2.05) is 24.3 Å². The molecule has 0 amide bonds. The monoisotopic (exact) mass is 550 g/mol. The van der Waals surface area contributed by atoms with Crippen LogP contribution < -0.4 is 10.9 Å². The Hall–Kier alpha value is -4.04. The Labute approximate surface area is 246 Å². The quantitative estimate of drug-likeness (QED) is 0.0964. The molecule has 0 N–H and O–H groups in total. The van der Waals surface area contributed by atoms with Crippen molar-refractivity contribution in [3.63, 3.8) is 0 Å². The highest BCUT2D eigenvalue weighted by molar-refractivity contribution is 6.41. The molecule has 0 bridgehead atoms. The maximum atomic E-state index is 14.1. The highest BCUT2D eigenvalue weighted by Gasteiger charge is 2.21. The second-order valence-electron chi connectivity index (χ2n) is 12.2. The van der Waals surface area contributed by atoms with E-state index in [1.54, 1.807) is 0 Å². The van der Waals surface area contributed by atoms with Gasteiger partial charge in [-0.05, 0) is 81.3 Å². The van der Waals surface area contributed by atoms with E-state index in [9.17, 15) is 9.59 Å². The summed E-state index contributed by atoms with van der Waals surface area (Å²) >= 11 is 0. The maximum absolute atomic E-state index is 14.1. The van der Waals surface area contributed by atoms with E-state index >= 15 is 0 Å². The molecule has 7 aromatic rings. The number of hydrogen-bond acceptors (Lipinski definition) is 2. The van der Waals surface area contributed by atoms with Crippen molar-refractivity contribution < 1.29 is 0 Å². The predicted octanol–water partition coefficient (Wildman–Crippen LogP) is 10.4. The summed E-state index contributed by atoms with van der Waals surface area (Å²) in [6, 6.07) is 25.3. The van der Waals surface area contributed by atoms with Crippen molar-refractivity contribution in [2.45, 2.75) is 78.1 Å². The molecular formula is C40H38O2. The molecule has 0 radical (unpaired) electrons. The van der Waals surface area contributed by atoms with Gasteiger partial charge in [0, 0.05) is 32.3 Å². The Kier molecular flexibility index (Phi) is 7.02. The molecule has 0 aliphatic heterocycles. The molecule has 0 aliphatic carbocycles. The molecule has 0 aliphatic rings. The van der Waals surface area contributed by atoms with Gasteiger partial charge in [0.1, 0.15) is 0 Å². The molecule has 0 aromatic heterocycles. The van der Waals surface area contributed by atoms with Crippen LogP contribution in [0.15, 0.2) is 82.4 Å². The maximum Gasteiger partial charge on any atom is 0.194 e. The molecule has 2 nitrogen and oxygen atoms in total. The molecule has 0 saturated heterocycles. The standard InChI is InChI=1S/C40H38O2/c1-3-5-7-9-13-25-19-21-27-33(23-25)39(41)31-17-11-16-30-36-28-22-20-26(14-10-8-6-4-2)24-34(28)40(42)32-18-12-15-29(38(32)36)35(27)37(30)31/h11-12,15-24H,3-10,13-14H2,1-2H3. The summed E-state index contributed by atoms with van der Waals surface area (Å²) in [6.45, 7) is 4.46. The van der Waals surface area contributed by atoms with Gasteiger partial charge in [-0.25, -0.2) is 0 Å². The van der Waals surface area contributed by atoms with E-state index in [1.165, 1.54) is 49.7 Å². The topological polar surface area (TPSA) is 34.1 Å². The number of aryl methyl sites for hydroxylation is 2. The Bertz CT molecular complexity index is 2050. The van der Waals surface area contributed by atoms with Crippen LogP contribution in [-0.4, -0.2) is 0 Å². The number of fused-ring (bicyclic) bond motifs is 6. The molecule has 2 heteroatoms. The Morgan fingerprint density at radius 2 is 0.810 bits per heavy atom. The minimum Gasteiger partial charge on any atom is -0.289 e. The van der Waals surface area contributed by atoms with E-state index in [-0.39, 0.29) is 10.9 Å². The van der Waals surface area contributed by atoms with Crippen molar-refractivity contribution in [1.82, 2.24) is 0 Å². The lowest BCUT2D eigenvalue weighted by molar-refractivity contribution is 0.667. The van der Waals surface area contributed by atoms with Crippen molar-refractivity contribution in [1.29, 1.82) is 0 Å². The van der Waals surface area contributed by atoms with Gasteiger partial charge in [0.15, 0.2) is 10.9 Å². The van der Waals surface area contributed by atoms with Crippen LogP contribution in [0.3, 0.4) is 0 Å². The first kappa shape index (κ1) is 26.8. The normalized spacial score (nSPS) is 12.2. The van der Waals surface area contributed by atoms with Crippen molar-refractivity contribution in [3.8, 4) is 0 Å². The van der Waals surface area contributed by atoms with Crippen molar-refractivity contribution in [3.05, 3.63) is 104 Å². The van der Waals surface area contributed by atoms with Gasteiger partial charge in [-0.15, -0.1) is 0 Å². The zero-order valence-electron chi connectivity index (χ0n) is 24.8. The SMILES string of the molecule is CCCCCCc1ccc2c(c1)c(=O)c1cccc3c1c2c1cccc2c(=O)c4cc(CCCCCC)ccc4c3c21. The lowest BCUT2D eigenvalue weighted by atomic mass is 9.84. The summed E-state index contributed by atoms with van der Waals surface area (Å²) < 4.78 is 0. The molecule has 7 rings (SSSR count). The fraction of sp³-hybridized carbons (Fsp3) is 0.300. The Morgan fingerprint density at radius 3 is 1.24 bits per heavy atom. The molecule has 0 saturated carbocycles. The zero-order chi connectivity index (χ0) is 28.8. The lowest BCUT2D eigenvalue weighted by Crippen LogP contribution is -2.07. The highest BCUT2D eigenvalue weighted by atomic mass is 16.1. The largest absolute Gasteiger partial charge is 0.289 e. The molecule has 210 valence electrons. The molecule has 7 aromatic carbocycles. The van der Waals surface area contributed by atoms with Crippen LogP contribution in [0.5, 0.6) is 0 Å². The smallest absolute Gasteiger partial charge is 0.194 e. The van der Waals surface area contributed by atoms with Gasteiger partial charge >= 0.3 is 0 Å². The number of benzene rings is 7. The second-order valence-corrected chi connectivity index (χ2v) is 12.2. The van der Waals surface area contributed by atoms with Crippen LogP contribution in [0.4, 0.5) is 0 Å². The van der Waals surface area contributed by atoms with E-state index in [0.717, 1.165) is 90.3 Å². The van der Waals surface area contributed by atoms with Crippen LogP contribution in [-0.2, 0) is 12.8 Å². The molecule has 0 unspecified atom stereocenters. The highest BCUT2D eigenvalue weighted by Crippen LogP contribution is 2.44. The summed E-state index contributed by atoms with van der Waals surface area (Å²) in [5.74, 6) is 0. The van der Waals surface area contributed by atoms with Gasteiger partial charge in [-0.2, -0.15) is 0 Å². The average Bonchev–Trinajstić information content (AvgIpc) is 3.02. The number of rotatable bonds is 10. The summed E-state index contributed by atoms with van der Waals surface area (Å²) in [5, 5.41) is 11.5. The summed E-state index contributed by atoms with van der Waals surface area (Å²) in [6.07, 6.45) is 11.6. The third kappa shape index (κ3) is 4.23. The Balaban J connectivity index is 1.53. The van der Waals surface area contributed by atoms with Crippen LogP contribution >= 0.6 is 0 Å². The summed E-state index contributed by atoms with van der Waals surface area (Å²) in [4.78, 5) is 28.1. The Morgan fingerprint density at radius 1 is 0.405 bits per heavy atom. The molecule has 0 atom stereocenters. The van der Waals surface area contributed by atoms with Crippen LogP contribution in [0.25, 0.3) is 64.6 Å². The fourth-order valence-electron chi connectivity index (χ4n) is 7.37. The van der Waals surface area contributed by atoms with Crippen LogP contribution in [0.1, 0.15) is 76.3 Å². The molecule has 42 heavy (non-hydrogen) atoms. The van der Waals surface area contributed by atoms with Gasteiger partial charge in [-0.1, -0.05) is 113 Å². The molecule has 0 fully saturated rings. The van der Waals surface area contributed by atoms with Crippen LogP contribution in [0, 0.1) is 0 Å². The minimum absolute atomic E-state index is 0.107. The summed E-state index contributed by atoms with van der Waals surface area (Å²) in [5.41, 5.74) is 2.67. The van der Waals surface area contributed by atoms with Gasteiger partial charge in [0.2, 0.25) is 0 Å². The first-order valence-corrected chi connectivity index (χ1v) is 16.0. The third-order valence-corrected chi connectivity index (χ3v) is 9.49. The summed E-state index contributed by atoms with van der Waals surface area (Å²) in [7, 11) is 0. The average molecular weight is 551 g/mol. The molecular weight excluding hydrogens is 512 g/mol. The second kappa shape index (κ2) is 11.0. The third-order valence-electron chi connectivity index (χ3n) is 9.49. The van der Waals surface area contributed by atoms with E-state index in [4.69, 9.17) is 0 Å². The van der Waals surface area contributed by atoms with E-state index in [0.29, 0.717) is 0 Å². The van der Waals surface area contributed by atoms with Crippen molar-refractivity contribution >= 4 is 64.6 Å². The molecule has 0 heterocycles.